The predicted molar refractivity (Wildman–Crippen MR) is 147 cm³/mol. The number of benzene rings is 2. The minimum atomic E-state index is 0.864. The second kappa shape index (κ2) is 13.8. The molecule has 2 aliphatic rings. The van der Waals surface area contributed by atoms with E-state index in [9.17, 15) is 0 Å². The first-order valence-electron chi connectivity index (χ1n) is 14.4. The normalized spacial score (nSPS) is 23.9. The summed E-state index contributed by atoms with van der Waals surface area (Å²) in [7, 11) is 0. The van der Waals surface area contributed by atoms with E-state index in [2.05, 4.69) is 79.4 Å². The Bertz CT molecular complexity index is 865. The van der Waals surface area contributed by atoms with Crippen LogP contribution < -0.4 is 0 Å². The average Bonchev–Trinajstić information content (AvgIpc) is 3.27. The van der Waals surface area contributed by atoms with Crippen molar-refractivity contribution < 1.29 is 0 Å². The van der Waals surface area contributed by atoms with E-state index >= 15 is 0 Å². The molecule has 4 rings (SSSR count). The van der Waals surface area contributed by atoms with Crippen molar-refractivity contribution in [2.24, 2.45) is 29.6 Å². The molecule has 3 unspecified atom stereocenters. The molecule has 0 heterocycles. The Labute approximate surface area is 210 Å². The molecule has 0 spiro atoms. The monoisotopic (exact) mass is 454 g/mol. The SMILES string of the molecule is CCCC(CCC#CCc1ccccc1)CC1CC(Cc2ccccc2)[C@@H](C2CCCCC2)C1. The molecule has 0 nitrogen and oxygen atoms in total. The second-order valence-corrected chi connectivity index (χ2v) is 11.3. The Kier molecular flexibility index (Phi) is 10.2. The third-order valence-corrected chi connectivity index (χ3v) is 8.74. The number of hydrogen-bond donors (Lipinski definition) is 0. The van der Waals surface area contributed by atoms with Gasteiger partial charge in [-0.15, -0.1) is 5.92 Å². The molecule has 0 amide bonds. The van der Waals surface area contributed by atoms with Crippen molar-refractivity contribution in [1.82, 2.24) is 0 Å². The van der Waals surface area contributed by atoms with E-state index < -0.39 is 0 Å². The fourth-order valence-corrected chi connectivity index (χ4v) is 7.14. The van der Waals surface area contributed by atoms with Crippen molar-refractivity contribution in [3.05, 3.63) is 71.8 Å². The highest BCUT2D eigenvalue weighted by Gasteiger charge is 2.39. The summed E-state index contributed by atoms with van der Waals surface area (Å²) in [5, 5.41) is 0. The molecule has 2 fully saturated rings. The van der Waals surface area contributed by atoms with Gasteiger partial charge >= 0.3 is 0 Å². The molecule has 0 aliphatic heterocycles. The molecule has 0 heteroatoms. The standard InChI is InChI=1S/C34H46/c1-2-15-29(19-10-4-9-18-28-16-7-3-8-17-28)24-31-26-33(25-30-20-11-5-12-21-30)34(27-31)32-22-13-6-14-23-32/h3,5,7-8,11-12,16-17,20-21,29,31-34H,2,6,10,13-15,18-19,22-27H2,1H3/t29?,31?,33?,34-/m1/s1. The van der Waals surface area contributed by atoms with Crippen molar-refractivity contribution in [3.8, 4) is 11.8 Å². The van der Waals surface area contributed by atoms with Crippen molar-refractivity contribution >= 4 is 0 Å². The maximum Gasteiger partial charge on any atom is 0.0340 e. The van der Waals surface area contributed by atoms with Crippen LogP contribution in [0.1, 0.15) is 95.1 Å². The lowest BCUT2D eigenvalue weighted by atomic mass is 9.74. The topological polar surface area (TPSA) is 0 Å². The van der Waals surface area contributed by atoms with Crippen LogP contribution in [0.25, 0.3) is 0 Å². The van der Waals surface area contributed by atoms with Crippen molar-refractivity contribution in [3.63, 3.8) is 0 Å². The van der Waals surface area contributed by atoms with E-state index in [0.29, 0.717) is 0 Å². The zero-order valence-corrected chi connectivity index (χ0v) is 21.6. The zero-order valence-electron chi connectivity index (χ0n) is 21.6. The van der Waals surface area contributed by atoms with Crippen LogP contribution >= 0.6 is 0 Å². The molecule has 2 aromatic rings. The van der Waals surface area contributed by atoms with Gasteiger partial charge in [-0.3, -0.25) is 0 Å². The largest absolute Gasteiger partial charge is 0.103 e. The zero-order chi connectivity index (χ0) is 23.4. The molecule has 0 saturated heterocycles. The molecule has 0 aromatic heterocycles. The predicted octanol–water partition coefficient (Wildman–Crippen LogP) is 9.28. The lowest BCUT2D eigenvalue weighted by molar-refractivity contribution is 0.199. The van der Waals surface area contributed by atoms with E-state index in [1.54, 1.807) is 5.56 Å². The minimum Gasteiger partial charge on any atom is -0.103 e. The maximum atomic E-state index is 3.50. The Hall–Kier alpha value is -2.00. The van der Waals surface area contributed by atoms with Crippen LogP contribution in [0, 0.1) is 41.4 Å². The quantitative estimate of drug-likeness (QED) is 0.314. The summed E-state index contributed by atoms with van der Waals surface area (Å²) in [6, 6.07) is 22.0. The Balaban J connectivity index is 1.32. The van der Waals surface area contributed by atoms with Crippen LogP contribution in [0.4, 0.5) is 0 Å². The summed E-state index contributed by atoms with van der Waals surface area (Å²) in [4.78, 5) is 0. The van der Waals surface area contributed by atoms with Crippen LogP contribution in [-0.4, -0.2) is 0 Å². The van der Waals surface area contributed by atoms with E-state index in [1.807, 2.05) is 0 Å². The molecule has 4 atom stereocenters. The van der Waals surface area contributed by atoms with Gasteiger partial charge in [-0.2, -0.15) is 0 Å². The van der Waals surface area contributed by atoms with Crippen LogP contribution in [0.15, 0.2) is 60.7 Å². The average molecular weight is 455 g/mol. The molecular formula is C34H46. The van der Waals surface area contributed by atoms with Crippen molar-refractivity contribution in [1.29, 1.82) is 0 Å². The molecule has 2 aromatic carbocycles. The van der Waals surface area contributed by atoms with Gasteiger partial charge in [0.2, 0.25) is 0 Å². The van der Waals surface area contributed by atoms with Gasteiger partial charge in [0.15, 0.2) is 0 Å². The van der Waals surface area contributed by atoms with Crippen molar-refractivity contribution in [2.75, 3.05) is 0 Å². The van der Waals surface area contributed by atoms with Gasteiger partial charge in [0, 0.05) is 12.8 Å². The van der Waals surface area contributed by atoms with Gasteiger partial charge < -0.3 is 0 Å². The van der Waals surface area contributed by atoms with E-state index in [-0.39, 0.29) is 0 Å². The van der Waals surface area contributed by atoms with E-state index in [1.165, 1.54) is 82.6 Å². The van der Waals surface area contributed by atoms with Gasteiger partial charge in [0.25, 0.3) is 0 Å². The van der Waals surface area contributed by atoms with E-state index in [0.717, 1.165) is 42.4 Å². The van der Waals surface area contributed by atoms with Gasteiger partial charge in [-0.05, 0) is 72.8 Å². The lowest BCUT2D eigenvalue weighted by Gasteiger charge is -2.32. The summed E-state index contributed by atoms with van der Waals surface area (Å²) in [6.07, 6.45) is 19.1. The lowest BCUT2D eigenvalue weighted by Crippen LogP contribution is -2.22. The summed E-state index contributed by atoms with van der Waals surface area (Å²) in [5.41, 5.74) is 2.90. The van der Waals surface area contributed by atoms with E-state index in [4.69, 9.17) is 0 Å². The first-order chi connectivity index (χ1) is 16.8. The van der Waals surface area contributed by atoms with Crippen LogP contribution in [-0.2, 0) is 12.8 Å². The minimum absolute atomic E-state index is 0.864. The number of rotatable bonds is 10. The van der Waals surface area contributed by atoms with Gasteiger partial charge in [0.05, 0.1) is 0 Å². The molecule has 0 bridgehead atoms. The molecule has 0 radical (unpaired) electrons. The first kappa shape index (κ1) is 25.1. The second-order valence-electron chi connectivity index (χ2n) is 11.3. The Morgan fingerprint density at radius 2 is 1.50 bits per heavy atom. The van der Waals surface area contributed by atoms with Crippen LogP contribution in [0.2, 0.25) is 0 Å². The first-order valence-corrected chi connectivity index (χ1v) is 14.4. The molecular weight excluding hydrogens is 408 g/mol. The summed E-state index contributed by atoms with van der Waals surface area (Å²) >= 11 is 0. The van der Waals surface area contributed by atoms with Crippen molar-refractivity contribution in [2.45, 2.75) is 96.8 Å². The van der Waals surface area contributed by atoms with Crippen LogP contribution in [0.5, 0.6) is 0 Å². The maximum absolute atomic E-state index is 3.50. The van der Waals surface area contributed by atoms with Gasteiger partial charge in [0.1, 0.15) is 0 Å². The Morgan fingerprint density at radius 1 is 0.794 bits per heavy atom. The highest BCUT2D eigenvalue weighted by molar-refractivity contribution is 5.20. The van der Waals surface area contributed by atoms with Gasteiger partial charge in [-0.1, -0.05) is 118 Å². The highest BCUT2D eigenvalue weighted by atomic mass is 14.4. The Morgan fingerprint density at radius 3 is 2.21 bits per heavy atom. The fraction of sp³-hybridized carbons (Fsp3) is 0.588. The highest BCUT2D eigenvalue weighted by Crippen LogP contribution is 2.48. The summed E-state index contributed by atoms with van der Waals surface area (Å²) in [6.45, 7) is 2.37. The third-order valence-electron chi connectivity index (χ3n) is 8.74. The fourth-order valence-electron chi connectivity index (χ4n) is 7.14. The van der Waals surface area contributed by atoms with Crippen LogP contribution in [0.3, 0.4) is 0 Å². The molecule has 2 aliphatic carbocycles. The number of hydrogen-bond acceptors (Lipinski definition) is 0. The smallest absolute Gasteiger partial charge is 0.0340 e. The molecule has 34 heavy (non-hydrogen) atoms. The third kappa shape index (κ3) is 7.77. The molecule has 2 saturated carbocycles. The van der Waals surface area contributed by atoms with Gasteiger partial charge in [-0.25, -0.2) is 0 Å². The molecule has 0 N–H and O–H groups in total. The molecule has 182 valence electrons. The summed E-state index contributed by atoms with van der Waals surface area (Å²) < 4.78 is 0. The summed E-state index contributed by atoms with van der Waals surface area (Å²) in [5.74, 6) is 11.6.